The summed E-state index contributed by atoms with van der Waals surface area (Å²) in [5.74, 6) is 0. The highest BCUT2D eigenvalue weighted by Gasteiger charge is 2.14. The fourth-order valence-corrected chi connectivity index (χ4v) is 2.65. The van der Waals surface area contributed by atoms with E-state index >= 15 is 0 Å². The second kappa shape index (κ2) is 6.14. The van der Waals surface area contributed by atoms with E-state index in [1.165, 1.54) is 28.8 Å². The van der Waals surface area contributed by atoms with Gasteiger partial charge in [-0.3, -0.25) is 10.1 Å². The minimum Gasteiger partial charge on any atom is -0.375 e. The van der Waals surface area contributed by atoms with Crippen LogP contribution in [0.4, 0.5) is 11.4 Å². The maximum atomic E-state index is 11.0. The van der Waals surface area contributed by atoms with Crippen LogP contribution in [0.25, 0.3) is 0 Å². The van der Waals surface area contributed by atoms with Gasteiger partial charge in [-0.05, 0) is 49.6 Å². The standard InChI is InChI=1S/C16H17ClN2O2/c1-10-6-11(2)14(12(3)7-10)9-18-15-8-13(17)4-5-16(15)19(20)21/h4-8,18H,9H2,1-3H3. The van der Waals surface area contributed by atoms with Gasteiger partial charge >= 0.3 is 0 Å². The van der Waals surface area contributed by atoms with Gasteiger partial charge in [0.25, 0.3) is 5.69 Å². The van der Waals surface area contributed by atoms with E-state index in [-0.39, 0.29) is 5.69 Å². The Balaban J connectivity index is 2.28. The molecule has 0 radical (unpaired) electrons. The molecular formula is C16H17ClN2O2. The molecule has 1 N–H and O–H groups in total. The largest absolute Gasteiger partial charge is 0.375 e. The van der Waals surface area contributed by atoms with Gasteiger partial charge in [0.2, 0.25) is 0 Å². The van der Waals surface area contributed by atoms with Crippen LogP contribution in [0.2, 0.25) is 5.02 Å². The Morgan fingerprint density at radius 1 is 1.14 bits per heavy atom. The van der Waals surface area contributed by atoms with E-state index < -0.39 is 4.92 Å². The SMILES string of the molecule is Cc1cc(C)c(CNc2cc(Cl)ccc2[N+](=O)[O-])c(C)c1. The molecule has 0 aliphatic carbocycles. The van der Waals surface area contributed by atoms with Crippen LogP contribution in [-0.4, -0.2) is 4.92 Å². The summed E-state index contributed by atoms with van der Waals surface area (Å²) in [6.45, 7) is 6.67. The first kappa shape index (κ1) is 15.3. The van der Waals surface area contributed by atoms with Gasteiger partial charge in [0.05, 0.1) is 4.92 Å². The predicted molar refractivity (Wildman–Crippen MR) is 86.1 cm³/mol. The Morgan fingerprint density at radius 2 is 1.76 bits per heavy atom. The highest BCUT2D eigenvalue weighted by molar-refractivity contribution is 6.31. The van der Waals surface area contributed by atoms with Crippen molar-refractivity contribution < 1.29 is 4.92 Å². The second-order valence-electron chi connectivity index (χ2n) is 5.15. The number of nitrogens with one attached hydrogen (secondary N) is 1. The molecule has 0 heterocycles. The summed E-state index contributed by atoms with van der Waals surface area (Å²) in [5, 5.41) is 14.6. The van der Waals surface area contributed by atoms with Crippen molar-refractivity contribution in [3.8, 4) is 0 Å². The molecule has 0 aliphatic heterocycles. The number of rotatable bonds is 4. The van der Waals surface area contributed by atoms with Crippen LogP contribution in [0, 0.1) is 30.9 Å². The van der Waals surface area contributed by atoms with Crippen molar-refractivity contribution in [3.63, 3.8) is 0 Å². The third kappa shape index (κ3) is 3.52. The molecule has 4 nitrogen and oxygen atoms in total. The van der Waals surface area contributed by atoms with Gasteiger partial charge in [0.1, 0.15) is 5.69 Å². The van der Waals surface area contributed by atoms with Crippen molar-refractivity contribution in [1.29, 1.82) is 0 Å². The summed E-state index contributed by atoms with van der Waals surface area (Å²) in [6.07, 6.45) is 0. The fraction of sp³-hybridized carbons (Fsp3) is 0.250. The Morgan fingerprint density at radius 3 is 2.33 bits per heavy atom. The van der Waals surface area contributed by atoms with E-state index in [1.807, 2.05) is 13.8 Å². The Bertz CT molecular complexity index is 676. The van der Waals surface area contributed by atoms with Gasteiger partial charge in [-0.15, -0.1) is 0 Å². The first-order valence-corrected chi connectivity index (χ1v) is 7.01. The Hall–Kier alpha value is -2.07. The number of hydrogen-bond acceptors (Lipinski definition) is 3. The van der Waals surface area contributed by atoms with Crippen LogP contribution >= 0.6 is 11.6 Å². The van der Waals surface area contributed by atoms with Crippen molar-refractivity contribution in [1.82, 2.24) is 0 Å². The average Bonchev–Trinajstić information content (AvgIpc) is 2.37. The van der Waals surface area contributed by atoms with Gasteiger partial charge in [0.15, 0.2) is 0 Å². The summed E-state index contributed by atoms with van der Waals surface area (Å²) >= 11 is 5.92. The summed E-state index contributed by atoms with van der Waals surface area (Å²) < 4.78 is 0. The van der Waals surface area contributed by atoms with Crippen molar-refractivity contribution in [3.05, 3.63) is 67.7 Å². The maximum Gasteiger partial charge on any atom is 0.292 e. The van der Waals surface area contributed by atoms with E-state index in [0.29, 0.717) is 17.3 Å². The van der Waals surface area contributed by atoms with Crippen LogP contribution < -0.4 is 5.32 Å². The molecule has 0 fully saturated rings. The molecule has 5 heteroatoms. The second-order valence-corrected chi connectivity index (χ2v) is 5.59. The zero-order valence-electron chi connectivity index (χ0n) is 12.2. The first-order chi connectivity index (χ1) is 9.88. The zero-order valence-corrected chi connectivity index (χ0v) is 13.0. The van der Waals surface area contributed by atoms with Crippen molar-refractivity contribution in [2.24, 2.45) is 0 Å². The molecule has 110 valence electrons. The fourth-order valence-electron chi connectivity index (χ4n) is 2.48. The zero-order chi connectivity index (χ0) is 15.6. The number of benzene rings is 2. The number of hydrogen-bond donors (Lipinski definition) is 1. The molecule has 2 aromatic rings. The molecule has 0 atom stereocenters. The maximum absolute atomic E-state index is 11.0. The summed E-state index contributed by atoms with van der Waals surface area (Å²) in [6, 6.07) is 8.73. The van der Waals surface area contributed by atoms with Gasteiger partial charge in [0, 0.05) is 17.6 Å². The lowest BCUT2D eigenvalue weighted by molar-refractivity contribution is -0.384. The lowest BCUT2D eigenvalue weighted by Gasteiger charge is -2.13. The number of halogens is 1. The molecule has 0 spiro atoms. The number of nitro benzene ring substituents is 1. The smallest absolute Gasteiger partial charge is 0.292 e. The number of nitrogens with zero attached hydrogens (tertiary/aromatic N) is 1. The van der Waals surface area contributed by atoms with Crippen molar-refractivity contribution >= 4 is 23.0 Å². The molecule has 0 unspecified atom stereocenters. The molecule has 0 saturated carbocycles. The minimum absolute atomic E-state index is 0.0295. The third-order valence-electron chi connectivity index (χ3n) is 3.45. The topological polar surface area (TPSA) is 55.2 Å². The minimum atomic E-state index is -0.409. The van der Waals surface area contributed by atoms with Crippen molar-refractivity contribution in [2.45, 2.75) is 27.3 Å². The van der Waals surface area contributed by atoms with Gasteiger partial charge in [-0.1, -0.05) is 29.3 Å². The lowest BCUT2D eigenvalue weighted by Crippen LogP contribution is -2.06. The van der Waals surface area contributed by atoms with E-state index in [9.17, 15) is 10.1 Å². The molecule has 0 bridgehead atoms. The normalized spacial score (nSPS) is 10.5. The monoisotopic (exact) mass is 304 g/mol. The van der Waals surface area contributed by atoms with E-state index in [1.54, 1.807) is 6.07 Å². The van der Waals surface area contributed by atoms with Gasteiger partial charge in [-0.25, -0.2) is 0 Å². The average molecular weight is 305 g/mol. The lowest BCUT2D eigenvalue weighted by atomic mass is 10.00. The molecule has 0 aromatic heterocycles. The summed E-state index contributed by atoms with van der Waals surface area (Å²) in [7, 11) is 0. The van der Waals surface area contributed by atoms with E-state index in [4.69, 9.17) is 11.6 Å². The molecule has 0 amide bonds. The van der Waals surface area contributed by atoms with Gasteiger partial charge in [-0.2, -0.15) is 0 Å². The van der Waals surface area contributed by atoms with E-state index in [2.05, 4.69) is 24.4 Å². The van der Waals surface area contributed by atoms with Crippen LogP contribution in [0.1, 0.15) is 22.3 Å². The number of aryl methyl sites for hydroxylation is 3. The molecular weight excluding hydrogens is 288 g/mol. The highest BCUT2D eigenvalue weighted by Crippen LogP contribution is 2.28. The molecule has 0 saturated heterocycles. The highest BCUT2D eigenvalue weighted by atomic mass is 35.5. The molecule has 0 aliphatic rings. The van der Waals surface area contributed by atoms with Crippen LogP contribution in [-0.2, 0) is 6.54 Å². The quantitative estimate of drug-likeness (QED) is 0.653. The summed E-state index contributed by atoms with van der Waals surface area (Å²) in [5.41, 5.74) is 5.17. The molecule has 2 rings (SSSR count). The number of nitro groups is 1. The predicted octanol–water partition coefficient (Wildman–Crippen LogP) is 4.79. The molecule has 2 aromatic carbocycles. The summed E-state index contributed by atoms with van der Waals surface area (Å²) in [4.78, 5) is 10.6. The van der Waals surface area contributed by atoms with Crippen molar-refractivity contribution in [2.75, 3.05) is 5.32 Å². The Kier molecular flexibility index (Phi) is 4.48. The third-order valence-corrected chi connectivity index (χ3v) is 3.69. The first-order valence-electron chi connectivity index (χ1n) is 6.63. The van der Waals surface area contributed by atoms with Crippen LogP contribution in [0.15, 0.2) is 30.3 Å². The van der Waals surface area contributed by atoms with Crippen LogP contribution in [0.5, 0.6) is 0 Å². The van der Waals surface area contributed by atoms with E-state index in [0.717, 1.165) is 5.56 Å². The number of anilines is 1. The van der Waals surface area contributed by atoms with Crippen LogP contribution in [0.3, 0.4) is 0 Å². The van der Waals surface area contributed by atoms with Gasteiger partial charge < -0.3 is 5.32 Å². The Labute approximate surface area is 128 Å². The molecule has 21 heavy (non-hydrogen) atoms.